The lowest BCUT2D eigenvalue weighted by molar-refractivity contribution is -0.130. The van der Waals surface area contributed by atoms with Crippen LogP contribution < -0.4 is 5.32 Å². The summed E-state index contributed by atoms with van der Waals surface area (Å²) in [5, 5.41) is 20.9. The van der Waals surface area contributed by atoms with Crippen LogP contribution in [0.25, 0.3) is 12.2 Å². The van der Waals surface area contributed by atoms with Gasteiger partial charge in [-0.1, -0.05) is 30.4 Å². The van der Waals surface area contributed by atoms with E-state index >= 15 is 0 Å². The Kier molecular flexibility index (Phi) is 6.02. The molecule has 1 aliphatic rings. The van der Waals surface area contributed by atoms with Gasteiger partial charge in [0.2, 0.25) is 5.91 Å². The van der Waals surface area contributed by atoms with Gasteiger partial charge < -0.3 is 15.3 Å². The molecule has 1 aromatic carbocycles. The van der Waals surface area contributed by atoms with E-state index in [1.54, 1.807) is 42.6 Å². The Morgan fingerprint density at radius 1 is 1.21 bits per heavy atom. The van der Waals surface area contributed by atoms with Gasteiger partial charge in [-0.05, 0) is 42.2 Å². The summed E-state index contributed by atoms with van der Waals surface area (Å²) in [5.74, 6) is -0.485. The van der Waals surface area contributed by atoms with Crippen LogP contribution in [0.3, 0.4) is 0 Å². The maximum absolute atomic E-state index is 12.2. The molecule has 2 heterocycles. The van der Waals surface area contributed by atoms with Crippen molar-refractivity contribution in [2.75, 3.05) is 13.1 Å². The topological polar surface area (TPSA) is 106 Å². The van der Waals surface area contributed by atoms with E-state index in [4.69, 9.17) is 5.26 Å². The molecule has 7 heteroatoms. The molecule has 2 aromatic rings. The number of amides is 2. The Balaban J connectivity index is 1.54. The van der Waals surface area contributed by atoms with Gasteiger partial charge in [-0.25, -0.2) is 0 Å². The van der Waals surface area contributed by atoms with E-state index < -0.39 is 11.9 Å². The SMILES string of the molecule is N#CC1CCCN1C(=O)CNC(=O)c1ccc(/C=C/c2ccc(O)cc2)cn1. The number of hydrogen-bond acceptors (Lipinski definition) is 5. The predicted octanol–water partition coefficient (Wildman–Crippen LogP) is 2.20. The molecule has 0 radical (unpaired) electrons. The standard InChI is InChI=1S/C21H20N4O3/c22-12-17-2-1-11-25(17)20(27)14-24-21(28)19-10-7-16(13-23-19)4-3-15-5-8-18(26)9-6-15/h3-10,13,17,26H,1-2,11,14H2,(H,24,28)/b4-3+. The Bertz CT molecular complexity index is 914. The van der Waals surface area contributed by atoms with Crippen molar-refractivity contribution in [2.24, 2.45) is 0 Å². The van der Waals surface area contributed by atoms with Gasteiger partial charge in [0.15, 0.2) is 0 Å². The number of phenolic OH excluding ortho intramolecular Hbond substituents is 1. The number of nitriles is 1. The normalized spacial score (nSPS) is 16.1. The van der Waals surface area contributed by atoms with Gasteiger partial charge in [0.05, 0.1) is 12.6 Å². The molecule has 7 nitrogen and oxygen atoms in total. The maximum Gasteiger partial charge on any atom is 0.270 e. The fourth-order valence-electron chi connectivity index (χ4n) is 2.96. The number of phenols is 1. The number of pyridine rings is 1. The molecule has 1 atom stereocenters. The van der Waals surface area contributed by atoms with Crippen molar-refractivity contribution in [2.45, 2.75) is 18.9 Å². The molecule has 1 fully saturated rings. The fraction of sp³-hybridized carbons (Fsp3) is 0.238. The second-order valence-corrected chi connectivity index (χ2v) is 6.46. The van der Waals surface area contributed by atoms with Crippen LogP contribution in [-0.4, -0.2) is 45.9 Å². The first-order chi connectivity index (χ1) is 13.6. The summed E-state index contributed by atoms with van der Waals surface area (Å²) >= 11 is 0. The molecule has 0 spiro atoms. The maximum atomic E-state index is 12.2. The molecular formula is C21H20N4O3. The highest BCUT2D eigenvalue weighted by molar-refractivity contribution is 5.95. The second kappa shape index (κ2) is 8.82. The van der Waals surface area contributed by atoms with E-state index in [0.29, 0.717) is 13.0 Å². The van der Waals surface area contributed by atoms with Gasteiger partial charge in [0, 0.05) is 12.7 Å². The van der Waals surface area contributed by atoms with Crippen LogP contribution in [0.1, 0.15) is 34.5 Å². The van der Waals surface area contributed by atoms with Crippen LogP contribution in [0.2, 0.25) is 0 Å². The zero-order valence-corrected chi connectivity index (χ0v) is 15.2. The number of aromatic hydroxyl groups is 1. The van der Waals surface area contributed by atoms with E-state index in [-0.39, 0.29) is 23.9 Å². The molecule has 1 unspecified atom stereocenters. The molecule has 1 aliphatic heterocycles. The van der Waals surface area contributed by atoms with E-state index in [1.165, 1.54) is 4.90 Å². The predicted molar refractivity (Wildman–Crippen MR) is 104 cm³/mol. The van der Waals surface area contributed by atoms with Gasteiger partial charge >= 0.3 is 0 Å². The first-order valence-electron chi connectivity index (χ1n) is 8.97. The molecule has 0 saturated carbocycles. The van der Waals surface area contributed by atoms with Crippen molar-refractivity contribution in [3.63, 3.8) is 0 Å². The van der Waals surface area contributed by atoms with Crippen molar-refractivity contribution < 1.29 is 14.7 Å². The molecule has 28 heavy (non-hydrogen) atoms. The van der Waals surface area contributed by atoms with Crippen LogP contribution in [0.5, 0.6) is 5.75 Å². The Labute approximate surface area is 162 Å². The summed E-state index contributed by atoms with van der Waals surface area (Å²) in [7, 11) is 0. The fourth-order valence-corrected chi connectivity index (χ4v) is 2.96. The van der Waals surface area contributed by atoms with Gasteiger partial charge in [0.1, 0.15) is 17.5 Å². The zero-order valence-electron chi connectivity index (χ0n) is 15.2. The summed E-state index contributed by atoms with van der Waals surface area (Å²) in [5.41, 5.74) is 1.96. The van der Waals surface area contributed by atoms with Gasteiger partial charge in [-0.15, -0.1) is 0 Å². The molecule has 142 valence electrons. The number of benzene rings is 1. The third-order valence-corrected chi connectivity index (χ3v) is 4.50. The van der Waals surface area contributed by atoms with Crippen LogP contribution in [-0.2, 0) is 4.79 Å². The van der Waals surface area contributed by atoms with Gasteiger partial charge in [-0.2, -0.15) is 5.26 Å². The third-order valence-electron chi connectivity index (χ3n) is 4.50. The van der Waals surface area contributed by atoms with Crippen LogP contribution in [0.15, 0.2) is 42.6 Å². The van der Waals surface area contributed by atoms with Crippen molar-refractivity contribution in [1.29, 1.82) is 5.26 Å². The summed E-state index contributed by atoms with van der Waals surface area (Å²) in [6.45, 7) is 0.397. The smallest absolute Gasteiger partial charge is 0.270 e. The van der Waals surface area contributed by atoms with E-state index in [2.05, 4.69) is 16.4 Å². The molecule has 2 amide bonds. The first kappa shape index (κ1) is 19.1. The van der Waals surface area contributed by atoms with Crippen molar-refractivity contribution in [3.05, 3.63) is 59.4 Å². The van der Waals surface area contributed by atoms with Gasteiger partial charge in [0.25, 0.3) is 5.91 Å². The van der Waals surface area contributed by atoms with Crippen LogP contribution in [0, 0.1) is 11.3 Å². The zero-order chi connectivity index (χ0) is 19.9. The average molecular weight is 376 g/mol. The van der Waals surface area contributed by atoms with Crippen molar-refractivity contribution in [3.8, 4) is 11.8 Å². The summed E-state index contributed by atoms with van der Waals surface area (Å²) in [6.07, 6.45) is 6.77. The molecule has 2 N–H and O–H groups in total. The van der Waals surface area contributed by atoms with Crippen molar-refractivity contribution in [1.82, 2.24) is 15.2 Å². The van der Waals surface area contributed by atoms with Crippen LogP contribution >= 0.6 is 0 Å². The number of hydrogen-bond donors (Lipinski definition) is 2. The van der Waals surface area contributed by atoms with Gasteiger partial charge in [-0.3, -0.25) is 14.6 Å². The quantitative estimate of drug-likeness (QED) is 0.832. The molecule has 1 saturated heterocycles. The molecule has 0 bridgehead atoms. The average Bonchev–Trinajstić information content (AvgIpc) is 3.21. The summed E-state index contributed by atoms with van der Waals surface area (Å²) < 4.78 is 0. The van der Waals surface area contributed by atoms with E-state index in [9.17, 15) is 14.7 Å². The largest absolute Gasteiger partial charge is 0.508 e. The molecule has 3 rings (SSSR count). The minimum Gasteiger partial charge on any atom is -0.508 e. The highest BCUT2D eigenvalue weighted by Gasteiger charge is 2.28. The third kappa shape index (κ3) is 4.74. The molecular weight excluding hydrogens is 356 g/mol. The number of nitrogens with zero attached hydrogens (tertiary/aromatic N) is 3. The number of carbonyl (C=O) groups is 2. The molecule has 0 aliphatic carbocycles. The summed E-state index contributed by atoms with van der Waals surface area (Å²) in [6, 6.07) is 11.8. The lowest BCUT2D eigenvalue weighted by atomic mass is 10.1. The lowest BCUT2D eigenvalue weighted by Crippen LogP contribution is -2.42. The number of nitrogens with one attached hydrogen (secondary N) is 1. The Morgan fingerprint density at radius 2 is 1.93 bits per heavy atom. The lowest BCUT2D eigenvalue weighted by Gasteiger charge is -2.19. The minimum absolute atomic E-state index is 0.152. The first-order valence-corrected chi connectivity index (χ1v) is 8.97. The number of rotatable bonds is 5. The van der Waals surface area contributed by atoms with E-state index in [1.807, 2.05) is 12.2 Å². The Hall–Kier alpha value is -3.66. The molecule has 1 aromatic heterocycles. The van der Waals surface area contributed by atoms with Crippen LogP contribution in [0.4, 0.5) is 0 Å². The number of likely N-dealkylation sites (tertiary alicyclic amines) is 1. The number of aromatic nitrogens is 1. The second-order valence-electron chi connectivity index (χ2n) is 6.46. The minimum atomic E-state index is -0.435. The van der Waals surface area contributed by atoms with E-state index in [0.717, 1.165) is 17.5 Å². The highest BCUT2D eigenvalue weighted by Crippen LogP contribution is 2.16. The number of carbonyl (C=O) groups excluding carboxylic acids is 2. The monoisotopic (exact) mass is 376 g/mol. The summed E-state index contributed by atoms with van der Waals surface area (Å²) in [4.78, 5) is 30.0. The Morgan fingerprint density at radius 3 is 2.61 bits per heavy atom. The highest BCUT2D eigenvalue weighted by atomic mass is 16.3. The van der Waals surface area contributed by atoms with Crippen molar-refractivity contribution >= 4 is 24.0 Å².